The molecule has 0 heterocycles. The second kappa shape index (κ2) is 21.7. The fourth-order valence-electron chi connectivity index (χ4n) is 4.55. The largest absolute Gasteiger partial charge is 0.353 e. The van der Waals surface area contributed by atoms with E-state index < -0.39 is 0 Å². The van der Waals surface area contributed by atoms with Crippen molar-refractivity contribution in [3.05, 3.63) is 0 Å². The standard InChI is InChI=1S/C29H60O2/c1-7-10-11-12-15-18-21-24-27(28(30-8-2)31-9-3)25-22-19-16-13-14-17-20-23-26-29(4,5)6/h27-28H,7-26H2,1-6H3. The summed E-state index contributed by atoms with van der Waals surface area (Å²) in [7, 11) is 0. The van der Waals surface area contributed by atoms with Crippen LogP contribution >= 0.6 is 0 Å². The molecule has 0 aliphatic heterocycles. The molecule has 0 saturated carbocycles. The van der Waals surface area contributed by atoms with Gasteiger partial charge in [0.25, 0.3) is 0 Å². The zero-order valence-electron chi connectivity index (χ0n) is 22.6. The van der Waals surface area contributed by atoms with E-state index in [1.165, 1.54) is 116 Å². The predicted octanol–water partition coefficient (Wildman–Crippen LogP) is 10.1. The van der Waals surface area contributed by atoms with Crippen molar-refractivity contribution in [3.8, 4) is 0 Å². The van der Waals surface area contributed by atoms with Gasteiger partial charge < -0.3 is 9.47 Å². The first-order chi connectivity index (χ1) is 14.9. The monoisotopic (exact) mass is 440 g/mol. The van der Waals surface area contributed by atoms with Crippen LogP contribution in [0.15, 0.2) is 0 Å². The molecule has 2 nitrogen and oxygen atoms in total. The molecular weight excluding hydrogens is 380 g/mol. The first-order valence-corrected chi connectivity index (χ1v) is 14.2. The van der Waals surface area contributed by atoms with Crippen molar-refractivity contribution in [2.45, 2.75) is 163 Å². The van der Waals surface area contributed by atoms with E-state index in [4.69, 9.17) is 9.47 Å². The van der Waals surface area contributed by atoms with Crippen LogP contribution in [0.5, 0.6) is 0 Å². The Labute approximate surface area is 197 Å². The second-order valence-corrected chi connectivity index (χ2v) is 10.9. The van der Waals surface area contributed by atoms with E-state index in [9.17, 15) is 0 Å². The van der Waals surface area contributed by atoms with E-state index in [-0.39, 0.29) is 6.29 Å². The Balaban J connectivity index is 3.99. The van der Waals surface area contributed by atoms with E-state index in [0.29, 0.717) is 11.3 Å². The molecular formula is C29H60O2. The van der Waals surface area contributed by atoms with Gasteiger partial charge in [0.2, 0.25) is 0 Å². The molecule has 0 rings (SSSR count). The SMILES string of the molecule is CCCCCCCCCC(CCCCCCCCCCC(C)(C)C)C(OCC)OCC. The average molecular weight is 441 g/mol. The van der Waals surface area contributed by atoms with E-state index >= 15 is 0 Å². The molecule has 0 aliphatic carbocycles. The summed E-state index contributed by atoms with van der Waals surface area (Å²) >= 11 is 0. The maximum Gasteiger partial charge on any atom is 0.160 e. The minimum Gasteiger partial charge on any atom is -0.353 e. The molecule has 0 spiro atoms. The van der Waals surface area contributed by atoms with Gasteiger partial charge in [-0.05, 0) is 38.5 Å². The summed E-state index contributed by atoms with van der Waals surface area (Å²) in [6.07, 6.45) is 24.8. The van der Waals surface area contributed by atoms with E-state index in [0.717, 1.165) is 13.2 Å². The van der Waals surface area contributed by atoms with Crippen LogP contribution in [0.1, 0.15) is 157 Å². The number of unbranched alkanes of at least 4 members (excludes halogenated alkanes) is 13. The van der Waals surface area contributed by atoms with Gasteiger partial charge in [-0.2, -0.15) is 0 Å². The fourth-order valence-corrected chi connectivity index (χ4v) is 4.55. The Hall–Kier alpha value is -0.0800. The lowest BCUT2D eigenvalue weighted by molar-refractivity contribution is -0.170. The zero-order chi connectivity index (χ0) is 23.2. The Bertz CT molecular complexity index is 341. The summed E-state index contributed by atoms with van der Waals surface area (Å²) < 4.78 is 12.0. The van der Waals surface area contributed by atoms with Crippen molar-refractivity contribution >= 4 is 0 Å². The molecule has 0 saturated heterocycles. The molecule has 2 heteroatoms. The summed E-state index contributed by atoms with van der Waals surface area (Å²) in [5.74, 6) is 0.577. The molecule has 1 unspecified atom stereocenters. The van der Waals surface area contributed by atoms with Gasteiger partial charge in [-0.25, -0.2) is 0 Å². The highest BCUT2D eigenvalue weighted by atomic mass is 16.7. The van der Waals surface area contributed by atoms with Gasteiger partial charge >= 0.3 is 0 Å². The summed E-state index contributed by atoms with van der Waals surface area (Å²) in [6.45, 7) is 15.1. The van der Waals surface area contributed by atoms with Gasteiger partial charge in [-0.1, -0.05) is 124 Å². The summed E-state index contributed by atoms with van der Waals surface area (Å²) in [5, 5.41) is 0. The van der Waals surface area contributed by atoms with E-state index in [1.807, 2.05) is 0 Å². The van der Waals surface area contributed by atoms with Crippen molar-refractivity contribution in [1.82, 2.24) is 0 Å². The summed E-state index contributed by atoms with van der Waals surface area (Å²) in [5.41, 5.74) is 0.506. The van der Waals surface area contributed by atoms with Crippen molar-refractivity contribution < 1.29 is 9.47 Å². The first kappa shape index (κ1) is 30.9. The highest BCUT2D eigenvalue weighted by Crippen LogP contribution is 2.26. The van der Waals surface area contributed by atoms with E-state index in [2.05, 4.69) is 41.5 Å². The molecule has 0 fully saturated rings. The van der Waals surface area contributed by atoms with Gasteiger partial charge in [0.05, 0.1) is 0 Å². The maximum absolute atomic E-state index is 5.99. The van der Waals surface area contributed by atoms with Crippen molar-refractivity contribution in [1.29, 1.82) is 0 Å². The second-order valence-electron chi connectivity index (χ2n) is 10.9. The average Bonchev–Trinajstić information content (AvgIpc) is 2.72. The van der Waals surface area contributed by atoms with Gasteiger partial charge in [0.1, 0.15) is 0 Å². The third-order valence-electron chi connectivity index (χ3n) is 6.48. The van der Waals surface area contributed by atoms with Crippen LogP contribution in [0.3, 0.4) is 0 Å². The third kappa shape index (κ3) is 21.5. The number of hydrogen-bond donors (Lipinski definition) is 0. The zero-order valence-corrected chi connectivity index (χ0v) is 22.6. The van der Waals surface area contributed by atoms with Crippen molar-refractivity contribution in [2.24, 2.45) is 11.3 Å². The van der Waals surface area contributed by atoms with Crippen LogP contribution in [-0.4, -0.2) is 19.5 Å². The first-order valence-electron chi connectivity index (χ1n) is 14.2. The Morgan fingerprint density at radius 3 is 1.29 bits per heavy atom. The van der Waals surface area contributed by atoms with Gasteiger partial charge in [0.15, 0.2) is 6.29 Å². The molecule has 0 N–H and O–H groups in total. The van der Waals surface area contributed by atoms with Crippen molar-refractivity contribution in [3.63, 3.8) is 0 Å². The van der Waals surface area contributed by atoms with Crippen LogP contribution in [0, 0.1) is 11.3 Å². The molecule has 0 radical (unpaired) electrons. The Kier molecular flexibility index (Phi) is 21.7. The fraction of sp³-hybridized carbons (Fsp3) is 1.00. The van der Waals surface area contributed by atoms with Gasteiger partial charge in [-0.3, -0.25) is 0 Å². The number of rotatable bonds is 23. The molecule has 0 amide bonds. The quantitative estimate of drug-likeness (QED) is 0.116. The lowest BCUT2D eigenvalue weighted by atomic mass is 9.89. The minimum absolute atomic E-state index is 0.0120. The lowest BCUT2D eigenvalue weighted by Gasteiger charge is -2.27. The van der Waals surface area contributed by atoms with Crippen LogP contribution in [0.2, 0.25) is 0 Å². The highest BCUT2D eigenvalue weighted by Gasteiger charge is 2.21. The molecule has 0 aromatic carbocycles. The highest BCUT2D eigenvalue weighted by molar-refractivity contribution is 4.66. The topological polar surface area (TPSA) is 18.5 Å². The third-order valence-corrected chi connectivity index (χ3v) is 6.48. The molecule has 0 bridgehead atoms. The smallest absolute Gasteiger partial charge is 0.160 e. The number of ether oxygens (including phenoxy) is 2. The van der Waals surface area contributed by atoms with Crippen molar-refractivity contribution in [2.75, 3.05) is 13.2 Å². The van der Waals surface area contributed by atoms with Gasteiger partial charge in [-0.15, -0.1) is 0 Å². The lowest BCUT2D eigenvalue weighted by Crippen LogP contribution is -2.27. The minimum atomic E-state index is 0.0120. The molecule has 0 aromatic heterocycles. The van der Waals surface area contributed by atoms with E-state index in [1.54, 1.807) is 0 Å². The normalized spacial score (nSPS) is 13.3. The Morgan fingerprint density at radius 2 is 0.903 bits per heavy atom. The van der Waals surface area contributed by atoms with Crippen LogP contribution in [-0.2, 0) is 9.47 Å². The van der Waals surface area contributed by atoms with Crippen LogP contribution < -0.4 is 0 Å². The molecule has 31 heavy (non-hydrogen) atoms. The van der Waals surface area contributed by atoms with Crippen LogP contribution in [0.25, 0.3) is 0 Å². The summed E-state index contributed by atoms with van der Waals surface area (Å²) in [4.78, 5) is 0. The summed E-state index contributed by atoms with van der Waals surface area (Å²) in [6, 6.07) is 0. The molecule has 1 atom stereocenters. The molecule has 0 aromatic rings. The Morgan fingerprint density at radius 1 is 0.516 bits per heavy atom. The predicted molar refractivity (Wildman–Crippen MR) is 139 cm³/mol. The molecule has 0 aliphatic rings. The number of hydrogen-bond acceptors (Lipinski definition) is 2. The maximum atomic E-state index is 5.99. The van der Waals surface area contributed by atoms with Crippen LogP contribution in [0.4, 0.5) is 0 Å². The van der Waals surface area contributed by atoms with Gasteiger partial charge in [0, 0.05) is 19.1 Å². The molecule has 188 valence electrons.